The molecule has 0 aromatic heterocycles. The van der Waals surface area contributed by atoms with Crippen LogP contribution >= 0.6 is 0 Å². The van der Waals surface area contributed by atoms with Crippen molar-refractivity contribution in [3.63, 3.8) is 0 Å². The van der Waals surface area contributed by atoms with E-state index in [1.165, 1.54) is 39.6 Å². The van der Waals surface area contributed by atoms with E-state index in [9.17, 15) is 26.3 Å². The van der Waals surface area contributed by atoms with Crippen LogP contribution in [0.25, 0.3) is 110 Å². The first-order valence-electron chi connectivity index (χ1n) is 19.1. The molecule has 0 saturated heterocycles. The summed E-state index contributed by atoms with van der Waals surface area (Å²) in [6.45, 7) is 3.30. The van der Waals surface area contributed by atoms with E-state index in [2.05, 4.69) is 66.7 Å². The van der Waals surface area contributed by atoms with Gasteiger partial charge in [0.2, 0.25) is 0 Å². The maximum atomic E-state index is 14.4. The monoisotopic (exact) mass is 768 g/mol. The van der Waals surface area contributed by atoms with Gasteiger partial charge < -0.3 is 0 Å². The van der Waals surface area contributed by atoms with E-state index >= 15 is 0 Å². The Labute approximate surface area is 329 Å². The first kappa shape index (κ1) is 34.6. The zero-order valence-corrected chi connectivity index (χ0v) is 31.1. The van der Waals surface area contributed by atoms with Gasteiger partial charge >= 0.3 is 12.4 Å². The van der Waals surface area contributed by atoms with Crippen molar-refractivity contribution in [2.75, 3.05) is 0 Å². The fraction of sp³-hybridized carbons (Fsp3) is 0.0769. The Morgan fingerprint density at radius 1 is 0.328 bits per heavy atom. The fourth-order valence-electron chi connectivity index (χ4n) is 9.79. The van der Waals surface area contributed by atoms with Gasteiger partial charge in [0, 0.05) is 0 Å². The van der Waals surface area contributed by atoms with Gasteiger partial charge in [-0.15, -0.1) is 0 Å². The van der Waals surface area contributed by atoms with Crippen LogP contribution in [0, 0.1) is 13.8 Å². The molecule has 0 saturated carbocycles. The van der Waals surface area contributed by atoms with Gasteiger partial charge in [0.15, 0.2) is 0 Å². The second-order valence-electron chi connectivity index (χ2n) is 15.6. The minimum Gasteiger partial charge on any atom is -0.166 e. The van der Waals surface area contributed by atoms with Crippen molar-refractivity contribution in [3.05, 3.63) is 168 Å². The van der Waals surface area contributed by atoms with E-state index in [0.717, 1.165) is 50.7 Å². The summed E-state index contributed by atoms with van der Waals surface area (Å²) in [4.78, 5) is 0. The van der Waals surface area contributed by atoms with Crippen LogP contribution in [0.3, 0.4) is 0 Å². The molecule has 58 heavy (non-hydrogen) atoms. The highest BCUT2D eigenvalue weighted by molar-refractivity contribution is 6.29. The largest absolute Gasteiger partial charge is 0.416 e. The molecule has 2 aliphatic carbocycles. The first-order chi connectivity index (χ1) is 27.8. The molecule has 2 aliphatic rings. The van der Waals surface area contributed by atoms with Crippen LogP contribution in [0.4, 0.5) is 26.3 Å². The average Bonchev–Trinajstić information content (AvgIpc) is 3.70. The molecule has 0 spiro atoms. The zero-order valence-electron chi connectivity index (χ0n) is 31.1. The molecule has 11 rings (SSSR count). The second kappa shape index (κ2) is 11.9. The maximum absolute atomic E-state index is 14.4. The van der Waals surface area contributed by atoms with Crippen molar-refractivity contribution in [3.8, 4) is 77.9 Å². The molecule has 9 aromatic carbocycles. The highest BCUT2D eigenvalue weighted by Gasteiger charge is 2.36. The molecule has 0 atom stereocenters. The van der Waals surface area contributed by atoms with E-state index in [1.54, 1.807) is 26.0 Å². The SMILES string of the molecule is Cc1cc(-c2c3c(c(-c4cc(C)cc(C(F)(F)F)c4)c4ccccc24)-c2ccc(-c4ccc5c(c4)-c4cccc6cccc-5c46)c4cccc-3c24)cc(C(F)(F)F)c1. The molecule has 280 valence electrons. The number of fused-ring (bicyclic) bond motifs is 7. The number of hydrogen-bond donors (Lipinski definition) is 0. The molecule has 0 radical (unpaired) electrons. The molecule has 0 aliphatic heterocycles. The third-order valence-corrected chi connectivity index (χ3v) is 12.0. The van der Waals surface area contributed by atoms with E-state index in [4.69, 9.17) is 0 Å². The van der Waals surface area contributed by atoms with Gasteiger partial charge in [-0.1, -0.05) is 115 Å². The smallest absolute Gasteiger partial charge is 0.166 e. The lowest BCUT2D eigenvalue weighted by Gasteiger charge is -2.22. The van der Waals surface area contributed by atoms with Crippen molar-refractivity contribution in [1.29, 1.82) is 0 Å². The van der Waals surface area contributed by atoms with E-state index in [0.29, 0.717) is 55.3 Å². The summed E-state index contributed by atoms with van der Waals surface area (Å²) >= 11 is 0. The molecule has 9 aromatic rings. The summed E-state index contributed by atoms with van der Waals surface area (Å²) in [6, 6.07) is 45.0. The highest BCUT2D eigenvalue weighted by atomic mass is 19.4. The zero-order chi connectivity index (χ0) is 39.8. The summed E-state index contributed by atoms with van der Waals surface area (Å²) in [5.74, 6) is 0. The lowest BCUT2D eigenvalue weighted by molar-refractivity contribution is -0.138. The summed E-state index contributed by atoms with van der Waals surface area (Å²) in [5, 5.41) is 5.58. The van der Waals surface area contributed by atoms with Crippen LogP contribution in [0.2, 0.25) is 0 Å². The molecule has 0 nitrogen and oxygen atoms in total. The molecule has 0 heterocycles. The number of rotatable bonds is 3. The fourth-order valence-corrected chi connectivity index (χ4v) is 9.79. The molecule has 0 N–H and O–H groups in total. The molecular formula is C52H30F6. The molecular weight excluding hydrogens is 739 g/mol. The normalized spacial score (nSPS) is 12.8. The van der Waals surface area contributed by atoms with Crippen LogP contribution in [-0.4, -0.2) is 0 Å². The summed E-state index contributed by atoms with van der Waals surface area (Å²) in [7, 11) is 0. The van der Waals surface area contributed by atoms with E-state index in [1.807, 2.05) is 42.5 Å². The minimum atomic E-state index is -4.59. The number of halogens is 6. The molecule has 6 heteroatoms. The Balaban J connectivity index is 1.23. The molecule has 0 unspecified atom stereocenters. The second-order valence-corrected chi connectivity index (χ2v) is 15.6. The van der Waals surface area contributed by atoms with Gasteiger partial charge in [-0.25, -0.2) is 0 Å². The number of aryl methyl sites for hydroxylation is 2. The predicted molar refractivity (Wildman–Crippen MR) is 224 cm³/mol. The Morgan fingerprint density at radius 2 is 0.810 bits per heavy atom. The van der Waals surface area contributed by atoms with Gasteiger partial charge in [-0.2, -0.15) is 26.3 Å². The van der Waals surface area contributed by atoms with Crippen LogP contribution in [0.15, 0.2) is 146 Å². The van der Waals surface area contributed by atoms with Crippen molar-refractivity contribution < 1.29 is 26.3 Å². The third-order valence-electron chi connectivity index (χ3n) is 12.0. The lowest BCUT2D eigenvalue weighted by atomic mass is 9.81. The summed E-state index contributed by atoms with van der Waals surface area (Å²) < 4.78 is 86.7. The Kier molecular flexibility index (Phi) is 7.11. The van der Waals surface area contributed by atoms with Crippen molar-refractivity contribution in [2.24, 2.45) is 0 Å². The van der Waals surface area contributed by atoms with Crippen molar-refractivity contribution in [1.82, 2.24) is 0 Å². The topological polar surface area (TPSA) is 0 Å². The highest BCUT2D eigenvalue weighted by Crippen LogP contribution is 2.59. The maximum Gasteiger partial charge on any atom is 0.416 e. The lowest BCUT2D eigenvalue weighted by Crippen LogP contribution is -2.06. The van der Waals surface area contributed by atoms with Gasteiger partial charge in [-0.3, -0.25) is 0 Å². The Hall–Kier alpha value is -6.66. The Bertz CT molecular complexity index is 3150. The summed E-state index contributed by atoms with van der Waals surface area (Å²) in [5.41, 5.74) is 11.1. The van der Waals surface area contributed by atoms with Crippen LogP contribution in [-0.2, 0) is 12.4 Å². The third kappa shape index (κ3) is 4.97. The molecule has 0 amide bonds. The van der Waals surface area contributed by atoms with Crippen LogP contribution < -0.4 is 0 Å². The Morgan fingerprint density at radius 3 is 1.40 bits per heavy atom. The van der Waals surface area contributed by atoms with Gasteiger partial charge in [0.1, 0.15) is 0 Å². The average molecular weight is 769 g/mol. The van der Waals surface area contributed by atoms with E-state index in [-0.39, 0.29) is 0 Å². The molecule has 0 fully saturated rings. The molecule has 0 bridgehead atoms. The standard InChI is InChI=1S/C52H30F6/c1-27-20-31(24-33(22-27)51(53,54)55)46-39-10-3-4-11-40(39)47(32-21-28(2)23-34(25-32)52(56,57)58)50-43-19-18-35(37-14-7-15-42(48(37)43)49(46)50)30-16-17-36-38-12-5-8-29-9-6-13-41(45(29)38)44(36)26-30/h3-26H,1-2H3. The minimum absolute atomic E-state index is 0.393. The summed E-state index contributed by atoms with van der Waals surface area (Å²) in [6.07, 6.45) is -9.17. The number of alkyl halides is 6. The van der Waals surface area contributed by atoms with Gasteiger partial charge in [0.05, 0.1) is 11.1 Å². The quantitative estimate of drug-likeness (QED) is 0.157. The van der Waals surface area contributed by atoms with E-state index < -0.39 is 23.5 Å². The van der Waals surface area contributed by atoms with Crippen molar-refractivity contribution in [2.45, 2.75) is 26.2 Å². The van der Waals surface area contributed by atoms with Crippen molar-refractivity contribution >= 4 is 32.3 Å². The number of hydrogen-bond acceptors (Lipinski definition) is 0. The predicted octanol–water partition coefficient (Wildman–Crippen LogP) is 16.1. The van der Waals surface area contributed by atoms with Crippen LogP contribution in [0.5, 0.6) is 0 Å². The van der Waals surface area contributed by atoms with Gasteiger partial charge in [-0.05, 0) is 166 Å². The van der Waals surface area contributed by atoms with Gasteiger partial charge in [0.25, 0.3) is 0 Å². The van der Waals surface area contributed by atoms with Crippen LogP contribution in [0.1, 0.15) is 22.3 Å². The number of benzene rings is 9. The first-order valence-corrected chi connectivity index (χ1v) is 19.1.